The third-order valence-corrected chi connectivity index (χ3v) is 5.91. The first kappa shape index (κ1) is 25.0. The third-order valence-electron chi connectivity index (χ3n) is 5.91. The van der Waals surface area contributed by atoms with Crippen LogP contribution in [-0.2, 0) is 0 Å². The van der Waals surface area contributed by atoms with E-state index in [1.807, 2.05) is 58.9 Å². The molecule has 0 bridgehead atoms. The Labute approximate surface area is 211 Å². The van der Waals surface area contributed by atoms with Crippen LogP contribution >= 0.6 is 0 Å². The summed E-state index contributed by atoms with van der Waals surface area (Å²) in [6, 6.07) is 19.9. The zero-order valence-corrected chi connectivity index (χ0v) is 21.2. The van der Waals surface area contributed by atoms with Gasteiger partial charge in [-0.05, 0) is 82.1 Å². The second kappa shape index (κ2) is 10.7. The molecular weight excluding hydrogens is 453 g/mol. The molecule has 3 aromatic carbocycles. The fourth-order valence-electron chi connectivity index (χ4n) is 4.25. The Morgan fingerprint density at radius 2 is 1.78 bits per heavy atom. The molecule has 1 heterocycles. The van der Waals surface area contributed by atoms with Crippen LogP contribution in [0.3, 0.4) is 0 Å². The van der Waals surface area contributed by atoms with Crippen molar-refractivity contribution in [3.05, 3.63) is 94.4 Å². The predicted molar refractivity (Wildman–Crippen MR) is 141 cm³/mol. The van der Waals surface area contributed by atoms with E-state index in [0.717, 1.165) is 27.7 Å². The van der Waals surface area contributed by atoms with Crippen molar-refractivity contribution < 1.29 is 13.9 Å². The summed E-state index contributed by atoms with van der Waals surface area (Å²) in [5.74, 6) is 0.179. The van der Waals surface area contributed by atoms with Crippen molar-refractivity contribution >= 4 is 16.6 Å². The number of hydrogen-bond donors (Lipinski definition) is 1. The average molecular weight is 484 g/mol. The second-order valence-electron chi connectivity index (χ2n) is 9.03. The number of aryl methyl sites for hydroxylation is 2. The van der Waals surface area contributed by atoms with Crippen LogP contribution in [0.1, 0.15) is 54.8 Å². The van der Waals surface area contributed by atoms with Crippen molar-refractivity contribution in [3.63, 3.8) is 0 Å². The Kier molecular flexibility index (Phi) is 7.40. The summed E-state index contributed by atoms with van der Waals surface area (Å²) in [5, 5.41) is 13.7. The molecule has 6 heteroatoms. The first-order valence-corrected chi connectivity index (χ1v) is 12.1. The molecule has 0 fully saturated rings. The van der Waals surface area contributed by atoms with E-state index in [1.165, 1.54) is 0 Å². The minimum atomic E-state index is -0.643. The fourth-order valence-corrected chi connectivity index (χ4v) is 4.25. The second-order valence-corrected chi connectivity index (χ2v) is 9.03. The van der Waals surface area contributed by atoms with Crippen LogP contribution in [0, 0.1) is 31.0 Å². The van der Waals surface area contributed by atoms with Gasteiger partial charge in [-0.1, -0.05) is 18.2 Å². The molecule has 4 aromatic rings. The van der Waals surface area contributed by atoms with E-state index in [0.29, 0.717) is 29.2 Å². The minimum Gasteiger partial charge on any atom is -0.494 e. The smallest absolute Gasteiger partial charge is 0.171 e. The first-order valence-electron chi connectivity index (χ1n) is 12.1. The molecule has 1 unspecified atom stereocenters. The van der Waals surface area contributed by atoms with Crippen molar-refractivity contribution in [2.24, 2.45) is 0 Å². The highest BCUT2D eigenvalue weighted by Crippen LogP contribution is 2.37. The van der Waals surface area contributed by atoms with Gasteiger partial charge in [0.15, 0.2) is 11.6 Å². The summed E-state index contributed by atoms with van der Waals surface area (Å²) in [4.78, 5) is 4.99. The van der Waals surface area contributed by atoms with Crippen molar-refractivity contribution in [2.75, 3.05) is 11.9 Å². The highest BCUT2D eigenvalue weighted by atomic mass is 19.1. The molecule has 0 amide bonds. The van der Waals surface area contributed by atoms with E-state index in [-0.39, 0.29) is 11.9 Å². The molecule has 4 rings (SSSR count). The number of ether oxygens (including phenoxy) is 2. The Hall–Kier alpha value is -4.11. The van der Waals surface area contributed by atoms with Gasteiger partial charge in [0.1, 0.15) is 5.75 Å². The fraction of sp³-hybridized carbons (Fsp3) is 0.267. The van der Waals surface area contributed by atoms with Crippen molar-refractivity contribution in [1.82, 2.24) is 4.98 Å². The van der Waals surface area contributed by atoms with E-state index >= 15 is 4.39 Å². The number of fused-ring (bicyclic) bond motifs is 1. The summed E-state index contributed by atoms with van der Waals surface area (Å²) in [7, 11) is 0. The molecule has 0 spiro atoms. The lowest BCUT2D eigenvalue weighted by Gasteiger charge is -2.24. The predicted octanol–water partition coefficient (Wildman–Crippen LogP) is 7.25. The van der Waals surface area contributed by atoms with E-state index in [2.05, 4.69) is 11.4 Å². The first-order chi connectivity index (χ1) is 17.3. The quantitative estimate of drug-likeness (QED) is 0.286. The number of nitrogens with zero attached hydrogens (tertiary/aromatic N) is 2. The summed E-state index contributed by atoms with van der Waals surface area (Å²) in [6.45, 7) is 10.1. The number of pyridine rings is 1. The number of rotatable bonds is 8. The van der Waals surface area contributed by atoms with Gasteiger partial charge in [-0.3, -0.25) is 0 Å². The molecule has 184 valence electrons. The molecule has 5 nitrogen and oxygen atoms in total. The molecule has 0 radical (unpaired) electrons. The molecule has 0 saturated heterocycles. The van der Waals surface area contributed by atoms with Gasteiger partial charge >= 0.3 is 0 Å². The summed E-state index contributed by atoms with van der Waals surface area (Å²) >= 11 is 0. The Morgan fingerprint density at radius 1 is 1.03 bits per heavy atom. The van der Waals surface area contributed by atoms with Crippen LogP contribution in [0.2, 0.25) is 0 Å². The maximum Gasteiger partial charge on any atom is 0.171 e. The van der Waals surface area contributed by atoms with E-state index in [1.54, 1.807) is 36.4 Å². The van der Waals surface area contributed by atoms with Gasteiger partial charge in [0.2, 0.25) is 0 Å². The van der Waals surface area contributed by atoms with Crippen molar-refractivity contribution in [2.45, 2.75) is 46.8 Å². The number of benzene rings is 3. The number of para-hydroxylation sites is 1. The third kappa shape index (κ3) is 5.26. The summed E-state index contributed by atoms with van der Waals surface area (Å²) in [6.07, 6.45) is -0.210. The topological polar surface area (TPSA) is 67.2 Å². The van der Waals surface area contributed by atoms with Crippen LogP contribution < -0.4 is 14.8 Å². The zero-order chi connectivity index (χ0) is 25.8. The highest BCUT2D eigenvalue weighted by molar-refractivity contribution is 5.85. The Balaban J connectivity index is 1.93. The molecule has 1 N–H and O–H groups in total. The number of aromatic nitrogens is 1. The molecule has 1 atom stereocenters. The monoisotopic (exact) mass is 483 g/mol. The van der Waals surface area contributed by atoms with Crippen molar-refractivity contribution in [3.8, 4) is 17.6 Å². The number of nitrogens with one attached hydrogen (secondary N) is 1. The summed E-state index contributed by atoms with van der Waals surface area (Å²) < 4.78 is 27.6. The van der Waals surface area contributed by atoms with Crippen molar-refractivity contribution in [1.29, 1.82) is 5.26 Å². The van der Waals surface area contributed by atoms with E-state index in [9.17, 15) is 5.26 Å². The van der Waals surface area contributed by atoms with Gasteiger partial charge in [-0.2, -0.15) is 5.26 Å². The molecule has 0 saturated carbocycles. The van der Waals surface area contributed by atoms with Crippen LogP contribution in [0.4, 0.5) is 10.1 Å². The maximum atomic E-state index is 16.0. The number of nitriles is 1. The molecule has 36 heavy (non-hydrogen) atoms. The number of anilines is 1. The van der Waals surface area contributed by atoms with E-state index < -0.39 is 11.9 Å². The molecule has 0 aliphatic carbocycles. The average Bonchev–Trinajstić information content (AvgIpc) is 2.85. The Morgan fingerprint density at radius 3 is 2.44 bits per heavy atom. The largest absolute Gasteiger partial charge is 0.494 e. The molecule has 1 aromatic heterocycles. The summed E-state index contributed by atoms with van der Waals surface area (Å²) in [5.41, 5.74) is 5.27. The van der Waals surface area contributed by atoms with Gasteiger partial charge in [0, 0.05) is 22.7 Å². The van der Waals surface area contributed by atoms with Gasteiger partial charge in [-0.25, -0.2) is 9.37 Å². The molecule has 0 aliphatic heterocycles. The SMILES string of the molecule is CCOc1cc(OC(C)C)c(F)c(C(Nc2ccc(C#N)cc2)c2cc(C)c3cccc(C)c3n2)c1. The molecule has 0 aliphatic rings. The standard InChI is InChI=1S/C30H30FN3O2/c1-6-35-23-15-25(28(31)27(16-23)36-18(2)3)30(33-22-12-10-21(17-32)11-13-22)26-14-20(5)24-9-7-8-19(4)29(24)34-26/h7-16,18,30,33H,6H2,1-5H3. The molecular formula is C30H30FN3O2. The number of halogens is 1. The van der Waals surface area contributed by atoms with Gasteiger partial charge in [0.25, 0.3) is 0 Å². The van der Waals surface area contributed by atoms with Gasteiger partial charge in [0.05, 0.1) is 41.6 Å². The van der Waals surface area contributed by atoms with Crippen LogP contribution in [0.15, 0.2) is 60.7 Å². The van der Waals surface area contributed by atoms with Gasteiger partial charge < -0.3 is 14.8 Å². The highest BCUT2D eigenvalue weighted by Gasteiger charge is 2.25. The van der Waals surface area contributed by atoms with E-state index in [4.69, 9.17) is 14.5 Å². The number of hydrogen-bond acceptors (Lipinski definition) is 5. The lowest BCUT2D eigenvalue weighted by atomic mass is 9.97. The lowest BCUT2D eigenvalue weighted by Crippen LogP contribution is -2.18. The minimum absolute atomic E-state index is 0.131. The normalized spacial score (nSPS) is 11.8. The Bertz CT molecular complexity index is 1430. The van der Waals surface area contributed by atoms with Gasteiger partial charge in [-0.15, -0.1) is 0 Å². The van der Waals surface area contributed by atoms with Crippen LogP contribution in [0.5, 0.6) is 11.5 Å². The maximum absolute atomic E-state index is 16.0. The lowest BCUT2D eigenvalue weighted by molar-refractivity contribution is 0.228. The van der Waals surface area contributed by atoms with Crippen LogP contribution in [0.25, 0.3) is 10.9 Å². The zero-order valence-electron chi connectivity index (χ0n) is 21.2. The van der Waals surface area contributed by atoms with Crippen LogP contribution in [-0.4, -0.2) is 17.7 Å².